The van der Waals surface area contributed by atoms with Crippen molar-refractivity contribution in [3.8, 4) is 6.07 Å². The Kier molecular flexibility index (Phi) is 2.71. The number of nitrogens with two attached hydrogens (primary N) is 1. The number of hydrogen-bond donors (Lipinski definition) is 1. The van der Waals surface area contributed by atoms with E-state index in [-0.39, 0.29) is 0 Å². The molecule has 0 bridgehead atoms. The van der Waals surface area contributed by atoms with Gasteiger partial charge < -0.3 is 5.73 Å². The van der Waals surface area contributed by atoms with E-state index in [4.69, 9.17) is 11.0 Å². The minimum Gasteiger partial charge on any atom is -0.399 e. The van der Waals surface area contributed by atoms with Crippen LogP contribution in [0.25, 0.3) is 0 Å². The first-order valence-corrected chi connectivity index (χ1v) is 4.02. The van der Waals surface area contributed by atoms with E-state index in [0.29, 0.717) is 6.42 Å². The average molecular weight is 160 g/mol. The van der Waals surface area contributed by atoms with Crippen molar-refractivity contribution in [3.05, 3.63) is 29.3 Å². The van der Waals surface area contributed by atoms with Crippen molar-refractivity contribution in [1.82, 2.24) is 0 Å². The molecular formula is C10H12N2. The first-order valence-electron chi connectivity index (χ1n) is 4.02. The van der Waals surface area contributed by atoms with Crippen molar-refractivity contribution in [3.63, 3.8) is 0 Å². The maximum atomic E-state index is 8.53. The molecule has 2 heteroatoms. The molecule has 0 aliphatic carbocycles. The zero-order chi connectivity index (χ0) is 8.97. The van der Waals surface area contributed by atoms with Gasteiger partial charge in [0.05, 0.1) is 12.5 Å². The van der Waals surface area contributed by atoms with Crippen LogP contribution in [-0.4, -0.2) is 0 Å². The normalized spacial score (nSPS) is 9.33. The lowest BCUT2D eigenvalue weighted by molar-refractivity contribution is 1.08. The lowest BCUT2D eigenvalue weighted by atomic mass is 10.0. The highest BCUT2D eigenvalue weighted by atomic mass is 14.5. The Labute approximate surface area is 72.6 Å². The summed E-state index contributed by atoms with van der Waals surface area (Å²) in [5.74, 6) is 0. The molecule has 0 radical (unpaired) electrons. The highest BCUT2D eigenvalue weighted by molar-refractivity contribution is 5.45. The molecule has 0 unspecified atom stereocenters. The van der Waals surface area contributed by atoms with Crippen molar-refractivity contribution < 1.29 is 0 Å². The lowest BCUT2D eigenvalue weighted by Crippen LogP contribution is -1.94. The summed E-state index contributed by atoms with van der Waals surface area (Å²) in [6, 6.07) is 7.84. The smallest absolute Gasteiger partial charge is 0.0669 e. The van der Waals surface area contributed by atoms with Crippen LogP contribution in [-0.2, 0) is 12.8 Å². The summed E-state index contributed by atoms with van der Waals surface area (Å²) in [7, 11) is 0. The van der Waals surface area contributed by atoms with Crippen LogP contribution in [0.4, 0.5) is 5.69 Å². The molecule has 12 heavy (non-hydrogen) atoms. The fraction of sp³-hybridized carbons (Fsp3) is 0.300. The monoisotopic (exact) mass is 160 g/mol. The fourth-order valence-corrected chi connectivity index (χ4v) is 1.23. The molecule has 0 heterocycles. The predicted molar refractivity (Wildman–Crippen MR) is 49.5 cm³/mol. The zero-order valence-corrected chi connectivity index (χ0v) is 7.17. The van der Waals surface area contributed by atoms with Crippen LogP contribution in [0.3, 0.4) is 0 Å². The summed E-state index contributed by atoms with van der Waals surface area (Å²) < 4.78 is 0. The number of anilines is 1. The van der Waals surface area contributed by atoms with Gasteiger partial charge in [0.15, 0.2) is 0 Å². The molecule has 0 saturated carbocycles. The van der Waals surface area contributed by atoms with Crippen LogP contribution in [0.15, 0.2) is 18.2 Å². The third-order valence-electron chi connectivity index (χ3n) is 1.88. The Hall–Kier alpha value is -1.49. The molecule has 0 aliphatic heterocycles. The second-order valence-corrected chi connectivity index (χ2v) is 2.72. The molecule has 0 atom stereocenters. The Morgan fingerprint density at radius 1 is 1.42 bits per heavy atom. The molecule has 62 valence electrons. The summed E-state index contributed by atoms with van der Waals surface area (Å²) in [4.78, 5) is 0. The third-order valence-corrected chi connectivity index (χ3v) is 1.88. The van der Waals surface area contributed by atoms with Crippen LogP contribution in [0.2, 0.25) is 0 Å². The summed E-state index contributed by atoms with van der Waals surface area (Å²) in [5, 5.41) is 8.53. The minimum absolute atomic E-state index is 0.476. The second kappa shape index (κ2) is 3.77. The molecule has 1 aromatic carbocycles. The molecule has 0 spiro atoms. The number of nitriles is 1. The lowest BCUT2D eigenvalue weighted by Gasteiger charge is -2.04. The largest absolute Gasteiger partial charge is 0.399 e. The molecule has 0 amide bonds. The highest BCUT2D eigenvalue weighted by Crippen LogP contribution is 2.14. The maximum Gasteiger partial charge on any atom is 0.0669 e. The molecule has 0 aliphatic rings. The topological polar surface area (TPSA) is 49.8 Å². The molecule has 1 rings (SSSR count). The first-order chi connectivity index (χ1) is 5.77. The van der Waals surface area contributed by atoms with E-state index in [1.165, 1.54) is 5.56 Å². The van der Waals surface area contributed by atoms with Crippen molar-refractivity contribution >= 4 is 5.69 Å². The van der Waals surface area contributed by atoms with Gasteiger partial charge in [0.25, 0.3) is 0 Å². The molecule has 0 fully saturated rings. The Morgan fingerprint density at radius 2 is 2.17 bits per heavy atom. The zero-order valence-electron chi connectivity index (χ0n) is 7.17. The van der Waals surface area contributed by atoms with Crippen molar-refractivity contribution in [2.45, 2.75) is 19.8 Å². The van der Waals surface area contributed by atoms with E-state index in [1.54, 1.807) is 0 Å². The summed E-state index contributed by atoms with van der Waals surface area (Å²) in [6.07, 6.45) is 1.41. The number of benzene rings is 1. The molecule has 1 aromatic rings. The van der Waals surface area contributed by atoms with Crippen molar-refractivity contribution in [2.24, 2.45) is 0 Å². The van der Waals surface area contributed by atoms with Crippen LogP contribution in [0.1, 0.15) is 18.1 Å². The number of rotatable bonds is 2. The van der Waals surface area contributed by atoms with Gasteiger partial charge in [0.2, 0.25) is 0 Å². The fourth-order valence-electron chi connectivity index (χ4n) is 1.23. The Bertz CT molecular complexity index is 310. The maximum absolute atomic E-state index is 8.53. The van der Waals surface area contributed by atoms with Crippen LogP contribution >= 0.6 is 0 Å². The number of aryl methyl sites for hydroxylation is 1. The van der Waals surface area contributed by atoms with E-state index >= 15 is 0 Å². The number of nitrogens with zero attached hydrogens (tertiary/aromatic N) is 1. The van der Waals surface area contributed by atoms with Crippen LogP contribution < -0.4 is 5.73 Å². The van der Waals surface area contributed by atoms with E-state index in [9.17, 15) is 0 Å². The van der Waals surface area contributed by atoms with Gasteiger partial charge in [-0.3, -0.25) is 0 Å². The number of hydrogen-bond acceptors (Lipinski definition) is 2. The third kappa shape index (κ3) is 1.76. The summed E-state index contributed by atoms with van der Waals surface area (Å²) in [5.41, 5.74) is 8.66. The van der Waals surface area contributed by atoms with Crippen molar-refractivity contribution in [2.75, 3.05) is 5.73 Å². The van der Waals surface area contributed by atoms with Crippen LogP contribution in [0, 0.1) is 11.3 Å². The SMILES string of the molecule is CCc1cc(N)ccc1CC#N. The Balaban J connectivity index is 3.04. The second-order valence-electron chi connectivity index (χ2n) is 2.72. The molecular weight excluding hydrogens is 148 g/mol. The molecule has 2 nitrogen and oxygen atoms in total. The van der Waals surface area contributed by atoms with Gasteiger partial charge in [-0.25, -0.2) is 0 Å². The first kappa shape index (κ1) is 8.61. The van der Waals surface area contributed by atoms with Gasteiger partial charge in [0.1, 0.15) is 0 Å². The number of nitrogen functional groups attached to an aromatic ring is 1. The summed E-state index contributed by atoms with van der Waals surface area (Å²) >= 11 is 0. The molecule has 0 saturated heterocycles. The summed E-state index contributed by atoms with van der Waals surface area (Å²) in [6.45, 7) is 2.07. The van der Waals surface area contributed by atoms with E-state index in [2.05, 4.69) is 13.0 Å². The predicted octanol–water partition coefficient (Wildman–Crippen LogP) is 1.90. The molecule has 2 N–H and O–H groups in total. The average Bonchev–Trinajstić information content (AvgIpc) is 2.08. The van der Waals surface area contributed by atoms with Crippen molar-refractivity contribution in [1.29, 1.82) is 5.26 Å². The molecule has 0 aromatic heterocycles. The standard InChI is InChI=1S/C10H12N2/c1-2-8-7-10(12)4-3-9(8)5-6-11/h3-4,7H,2,5,12H2,1H3. The quantitative estimate of drug-likeness (QED) is 0.672. The minimum atomic E-state index is 0.476. The van der Waals surface area contributed by atoms with Gasteiger partial charge >= 0.3 is 0 Å². The van der Waals surface area contributed by atoms with E-state index in [0.717, 1.165) is 17.7 Å². The van der Waals surface area contributed by atoms with E-state index in [1.807, 2.05) is 18.2 Å². The van der Waals surface area contributed by atoms with Crippen LogP contribution in [0.5, 0.6) is 0 Å². The highest BCUT2D eigenvalue weighted by Gasteiger charge is 1.99. The van der Waals surface area contributed by atoms with Gasteiger partial charge in [-0.05, 0) is 29.7 Å². The van der Waals surface area contributed by atoms with Gasteiger partial charge in [-0.1, -0.05) is 13.0 Å². The van der Waals surface area contributed by atoms with Gasteiger partial charge in [-0.15, -0.1) is 0 Å². The van der Waals surface area contributed by atoms with Gasteiger partial charge in [0, 0.05) is 5.69 Å². The van der Waals surface area contributed by atoms with E-state index < -0.39 is 0 Å². The Morgan fingerprint density at radius 3 is 2.75 bits per heavy atom. The van der Waals surface area contributed by atoms with Gasteiger partial charge in [-0.2, -0.15) is 5.26 Å².